The summed E-state index contributed by atoms with van der Waals surface area (Å²) >= 11 is 0. The Labute approximate surface area is 229 Å². The molecule has 0 unspecified atom stereocenters. The standard InChI is InChI=1S/C33H32N4O2/c34-22-6-7-23-37-33(39)36(24-26-12-17-28(18-13-26)27-8-2-1-3-9-27)32-11-5-4-10-30(32)31(35-37)21-16-25-14-19-29(38)20-15-25/h1-5,8-21,38H,6-7,22-24,34H2. The zero-order chi connectivity index (χ0) is 27.0. The first kappa shape index (κ1) is 25.9. The second-order valence-electron chi connectivity index (χ2n) is 9.48. The molecule has 196 valence electrons. The predicted octanol–water partition coefficient (Wildman–Crippen LogP) is 6.66. The van der Waals surface area contributed by atoms with Gasteiger partial charge in [0.15, 0.2) is 0 Å². The van der Waals surface area contributed by atoms with Crippen molar-refractivity contribution >= 4 is 23.5 Å². The summed E-state index contributed by atoms with van der Waals surface area (Å²) in [5.41, 5.74) is 12.4. The van der Waals surface area contributed by atoms with E-state index in [1.54, 1.807) is 22.0 Å². The van der Waals surface area contributed by atoms with Gasteiger partial charge >= 0.3 is 6.03 Å². The summed E-state index contributed by atoms with van der Waals surface area (Å²) in [6, 6.07) is 33.3. The van der Waals surface area contributed by atoms with E-state index in [4.69, 9.17) is 10.8 Å². The number of carbonyl (C=O) groups is 1. The topological polar surface area (TPSA) is 82.2 Å². The molecular formula is C33H32N4O2. The van der Waals surface area contributed by atoms with Crippen LogP contribution < -0.4 is 10.6 Å². The summed E-state index contributed by atoms with van der Waals surface area (Å²) < 4.78 is 0. The van der Waals surface area contributed by atoms with Gasteiger partial charge in [-0.1, -0.05) is 91.0 Å². The first-order chi connectivity index (χ1) is 19.1. The highest BCUT2D eigenvalue weighted by molar-refractivity contribution is 6.17. The van der Waals surface area contributed by atoms with Crippen LogP contribution in [0, 0.1) is 0 Å². The zero-order valence-corrected chi connectivity index (χ0v) is 21.8. The van der Waals surface area contributed by atoms with Crippen molar-refractivity contribution in [2.24, 2.45) is 10.8 Å². The van der Waals surface area contributed by atoms with Crippen LogP contribution in [0.5, 0.6) is 5.75 Å². The Bertz CT molecular complexity index is 1460. The average Bonchev–Trinajstić information content (AvgIpc) is 3.08. The van der Waals surface area contributed by atoms with Gasteiger partial charge in [-0.2, -0.15) is 5.10 Å². The van der Waals surface area contributed by atoms with Crippen LogP contribution in [0.3, 0.4) is 0 Å². The fourth-order valence-corrected chi connectivity index (χ4v) is 4.60. The fourth-order valence-electron chi connectivity index (χ4n) is 4.60. The molecule has 0 aromatic heterocycles. The second-order valence-corrected chi connectivity index (χ2v) is 9.48. The van der Waals surface area contributed by atoms with Crippen LogP contribution >= 0.6 is 0 Å². The number of allylic oxidation sites excluding steroid dienone is 1. The Balaban J connectivity index is 1.48. The largest absolute Gasteiger partial charge is 0.508 e. The van der Waals surface area contributed by atoms with Crippen molar-refractivity contribution in [2.45, 2.75) is 19.4 Å². The molecule has 2 amide bonds. The lowest BCUT2D eigenvalue weighted by atomic mass is 10.0. The summed E-state index contributed by atoms with van der Waals surface area (Å²) in [6.07, 6.45) is 5.44. The second kappa shape index (κ2) is 12.2. The highest BCUT2D eigenvalue weighted by atomic mass is 16.3. The van der Waals surface area contributed by atoms with E-state index in [2.05, 4.69) is 36.4 Å². The number of urea groups is 1. The number of fused-ring (bicyclic) bond motifs is 1. The number of carbonyl (C=O) groups excluding carboxylic acids is 1. The van der Waals surface area contributed by atoms with Crippen molar-refractivity contribution < 1.29 is 9.90 Å². The average molecular weight is 517 g/mol. The van der Waals surface area contributed by atoms with E-state index in [1.165, 1.54) is 0 Å². The maximum atomic E-state index is 13.9. The van der Waals surface area contributed by atoms with Crippen LogP contribution in [0.4, 0.5) is 10.5 Å². The summed E-state index contributed by atoms with van der Waals surface area (Å²) in [6.45, 7) is 1.46. The zero-order valence-electron chi connectivity index (χ0n) is 21.8. The molecule has 4 aromatic rings. The van der Waals surface area contributed by atoms with Gasteiger partial charge < -0.3 is 10.8 Å². The fraction of sp³-hybridized carbons (Fsp3) is 0.152. The van der Waals surface area contributed by atoms with Gasteiger partial charge in [-0.15, -0.1) is 0 Å². The minimum atomic E-state index is -0.167. The van der Waals surface area contributed by atoms with Crippen molar-refractivity contribution in [3.63, 3.8) is 0 Å². The van der Waals surface area contributed by atoms with Crippen molar-refractivity contribution in [1.29, 1.82) is 0 Å². The molecule has 0 aliphatic carbocycles. The van der Waals surface area contributed by atoms with Crippen LogP contribution in [-0.2, 0) is 6.54 Å². The van der Waals surface area contributed by atoms with Gasteiger partial charge in [-0.25, -0.2) is 9.80 Å². The number of amides is 2. The molecule has 0 bridgehead atoms. The highest BCUT2D eigenvalue weighted by Gasteiger charge is 2.29. The van der Waals surface area contributed by atoms with Gasteiger partial charge in [0.05, 0.1) is 17.9 Å². The minimum Gasteiger partial charge on any atom is -0.508 e. The monoisotopic (exact) mass is 516 g/mol. The van der Waals surface area contributed by atoms with Gasteiger partial charge in [-0.05, 0) is 65.9 Å². The molecule has 3 N–H and O–H groups in total. The number of nitrogens with two attached hydrogens (primary N) is 1. The lowest BCUT2D eigenvalue weighted by Crippen LogP contribution is -2.40. The Morgan fingerprint density at radius 1 is 0.769 bits per heavy atom. The molecule has 0 atom stereocenters. The lowest BCUT2D eigenvalue weighted by Gasteiger charge is -2.26. The third-order valence-electron chi connectivity index (χ3n) is 6.70. The van der Waals surface area contributed by atoms with E-state index in [1.807, 2.05) is 66.7 Å². The van der Waals surface area contributed by atoms with Gasteiger partial charge in [0.1, 0.15) is 5.75 Å². The predicted molar refractivity (Wildman–Crippen MR) is 159 cm³/mol. The number of hydrogen-bond donors (Lipinski definition) is 2. The van der Waals surface area contributed by atoms with E-state index in [0.29, 0.717) is 25.3 Å². The lowest BCUT2D eigenvalue weighted by molar-refractivity contribution is 0.206. The first-order valence-corrected chi connectivity index (χ1v) is 13.2. The van der Waals surface area contributed by atoms with Crippen molar-refractivity contribution in [1.82, 2.24) is 5.01 Å². The van der Waals surface area contributed by atoms with E-state index in [0.717, 1.165) is 46.3 Å². The molecule has 0 saturated heterocycles. The summed E-state index contributed by atoms with van der Waals surface area (Å²) in [4.78, 5) is 15.7. The number of phenolic OH excluding ortho intramolecular Hbond substituents is 1. The number of aromatic hydroxyl groups is 1. The maximum Gasteiger partial charge on any atom is 0.345 e. The number of hydrogen-bond acceptors (Lipinski definition) is 4. The van der Waals surface area contributed by atoms with Crippen LogP contribution in [0.1, 0.15) is 29.5 Å². The molecule has 0 saturated carbocycles. The minimum absolute atomic E-state index is 0.167. The maximum absolute atomic E-state index is 13.9. The quantitative estimate of drug-likeness (QED) is 0.244. The number of nitrogens with zero attached hydrogens (tertiary/aromatic N) is 3. The molecule has 6 nitrogen and oxygen atoms in total. The molecule has 0 radical (unpaired) electrons. The number of phenols is 1. The molecule has 4 aromatic carbocycles. The van der Waals surface area contributed by atoms with Crippen LogP contribution in [-0.4, -0.2) is 34.9 Å². The molecule has 5 rings (SSSR count). The van der Waals surface area contributed by atoms with Crippen LogP contribution in [0.25, 0.3) is 17.2 Å². The Morgan fingerprint density at radius 3 is 2.21 bits per heavy atom. The number of rotatable bonds is 9. The van der Waals surface area contributed by atoms with Gasteiger partial charge in [-0.3, -0.25) is 4.90 Å². The van der Waals surface area contributed by atoms with E-state index in [9.17, 15) is 9.90 Å². The molecule has 0 spiro atoms. The summed E-state index contributed by atoms with van der Waals surface area (Å²) in [7, 11) is 0. The molecule has 1 heterocycles. The van der Waals surface area contributed by atoms with E-state index in [-0.39, 0.29) is 11.8 Å². The first-order valence-electron chi connectivity index (χ1n) is 13.2. The van der Waals surface area contributed by atoms with Crippen molar-refractivity contribution in [2.75, 3.05) is 18.0 Å². The Kier molecular flexibility index (Phi) is 8.15. The van der Waals surface area contributed by atoms with Crippen LogP contribution in [0.15, 0.2) is 114 Å². The van der Waals surface area contributed by atoms with Crippen LogP contribution in [0.2, 0.25) is 0 Å². The number of hydrazone groups is 1. The molecule has 39 heavy (non-hydrogen) atoms. The smallest absolute Gasteiger partial charge is 0.345 e. The number of unbranched alkanes of at least 4 members (excludes halogenated alkanes) is 1. The van der Waals surface area contributed by atoms with Gasteiger partial charge in [0.25, 0.3) is 0 Å². The molecule has 1 aliphatic rings. The summed E-state index contributed by atoms with van der Waals surface area (Å²) in [5, 5.41) is 16.0. The number of para-hydroxylation sites is 1. The van der Waals surface area contributed by atoms with Crippen molar-refractivity contribution in [3.05, 3.63) is 126 Å². The van der Waals surface area contributed by atoms with E-state index >= 15 is 0 Å². The van der Waals surface area contributed by atoms with Crippen molar-refractivity contribution in [3.8, 4) is 16.9 Å². The van der Waals surface area contributed by atoms with E-state index < -0.39 is 0 Å². The van der Waals surface area contributed by atoms with Gasteiger partial charge in [0.2, 0.25) is 0 Å². The molecule has 1 aliphatic heterocycles. The Morgan fingerprint density at radius 2 is 1.46 bits per heavy atom. The Hall–Kier alpha value is -4.68. The normalized spacial score (nSPS) is 13.4. The summed E-state index contributed by atoms with van der Waals surface area (Å²) in [5.74, 6) is 0.216. The van der Waals surface area contributed by atoms with Gasteiger partial charge in [0, 0.05) is 12.1 Å². The molecule has 0 fully saturated rings. The third kappa shape index (κ3) is 6.25. The number of anilines is 1. The SMILES string of the molecule is NCCCCN1N=C(C=Cc2ccc(O)cc2)c2ccccc2N(Cc2ccc(-c3ccccc3)cc2)C1=O. The third-order valence-corrected chi connectivity index (χ3v) is 6.70. The molecule has 6 heteroatoms. The number of benzene rings is 4. The molecular weight excluding hydrogens is 484 g/mol. The highest BCUT2D eigenvalue weighted by Crippen LogP contribution is 2.29.